The molecule has 0 spiro atoms. The molecular weight excluding hydrogens is 192 g/mol. The van der Waals surface area contributed by atoms with E-state index in [-0.39, 0.29) is 0 Å². The van der Waals surface area contributed by atoms with E-state index in [0.717, 1.165) is 23.7 Å². The molecule has 0 aliphatic rings. The first kappa shape index (κ1) is 16.0. The first-order valence-corrected chi connectivity index (χ1v) is 7.52. The molecule has 3 unspecified atom stereocenters. The summed E-state index contributed by atoms with van der Waals surface area (Å²) in [6.45, 7) is 14.2. The topological polar surface area (TPSA) is 0 Å². The quantitative estimate of drug-likeness (QED) is 0.458. The monoisotopic (exact) mass is 226 g/mol. The lowest BCUT2D eigenvalue weighted by atomic mass is 9.81. The Hall–Kier alpha value is 0. The zero-order valence-corrected chi connectivity index (χ0v) is 12.6. The molecule has 0 heteroatoms. The van der Waals surface area contributed by atoms with Crippen LogP contribution < -0.4 is 0 Å². The lowest BCUT2D eigenvalue weighted by Crippen LogP contribution is -2.15. The van der Waals surface area contributed by atoms with Gasteiger partial charge in [-0.1, -0.05) is 80.1 Å². The Morgan fingerprint density at radius 2 is 1.44 bits per heavy atom. The first-order valence-electron chi connectivity index (χ1n) is 7.52. The van der Waals surface area contributed by atoms with Crippen molar-refractivity contribution < 1.29 is 0 Å². The molecule has 16 heavy (non-hydrogen) atoms. The Kier molecular flexibility index (Phi) is 9.07. The van der Waals surface area contributed by atoms with E-state index in [1.165, 1.54) is 38.5 Å². The number of hydrogen-bond donors (Lipinski definition) is 0. The highest BCUT2D eigenvalue weighted by atomic mass is 14.2. The van der Waals surface area contributed by atoms with E-state index in [2.05, 4.69) is 41.5 Å². The van der Waals surface area contributed by atoms with Crippen LogP contribution in [0.3, 0.4) is 0 Å². The third kappa shape index (κ3) is 6.55. The minimum Gasteiger partial charge on any atom is -0.0654 e. The lowest BCUT2D eigenvalue weighted by Gasteiger charge is -2.25. The Bertz CT molecular complexity index is 148. The van der Waals surface area contributed by atoms with Crippen LogP contribution >= 0.6 is 0 Å². The van der Waals surface area contributed by atoms with Gasteiger partial charge in [-0.15, -0.1) is 0 Å². The largest absolute Gasteiger partial charge is 0.0654 e. The van der Waals surface area contributed by atoms with Gasteiger partial charge in [0.05, 0.1) is 0 Å². The van der Waals surface area contributed by atoms with Crippen LogP contribution in [0.1, 0.15) is 80.1 Å². The van der Waals surface area contributed by atoms with Crippen LogP contribution in [0.25, 0.3) is 0 Å². The molecule has 3 atom stereocenters. The Morgan fingerprint density at radius 3 is 1.88 bits per heavy atom. The second-order valence-corrected chi connectivity index (χ2v) is 6.07. The summed E-state index contributed by atoms with van der Waals surface area (Å²) in [5, 5.41) is 0. The molecule has 0 aliphatic heterocycles. The SMILES string of the molecule is CCCCC(CC)CCC(C)C(C)C(C)C. The zero-order chi connectivity index (χ0) is 12.6. The highest BCUT2D eigenvalue weighted by Crippen LogP contribution is 2.27. The molecule has 0 radical (unpaired) electrons. The predicted molar refractivity (Wildman–Crippen MR) is 75.7 cm³/mol. The Morgan fingerprint density at radius 1 is 0.812 bits per heavy atom. The fraction of sp³-hybridized carbons (Fsp3) is 1.00. The predicted octanol–water partition coefficient (Wildman–Crippen LogP) is 5.91. The van der Waals surface area contributed by atoms with Gasteiger partial charge in [0.25, 0.3) is 0 Å². The average Bonchev–Trinajstić information content (AvgIpc) is 2.27. The molecule has 0 bridgehead atoms. The van der Waals surface area contributed by atoms with E-state index in [1.807, 2.05) is 0 Å². The molecule has 0 fully saturated rings. The number of rotatable bonds is 9. The van der Waals surface area contributed by atoms with Gasteiger partial charge in [-0.2, -0.15) is 0 Å². The standard InChI is InChI=1S/C16H34/c1-7-9-10-16(8-2)12-11-14(5)15(6)13(3)4/h13-16H,7-12H2,1-6H3. The summed E-state index contributed by atoms with van der Waals surface area (Å²) in [6, 6.07) is 0. The summed E-state index contributed by atoms with van der Waals surface area (Å²) in [5.41, 5.74) is 0. The van der Waals surface area contributed by atoms with Crippen molar-refractivity contribution in [1.29, 1.82) is 0 Å². The van der Waals surface area contributed by atoms with Crippen molar-refractivity contribution in [2.45, 2.75) is 80.1 Å². The summed E-state index contributed by atoms with van der Waals surface area (Å²) in [4.78, 5) is 0. The third-order valence-electron chi connectivity index (χ3n) is 4.52. The number of hydrogen-bond acceptors (Lipinski definition) is 0. The molecule has 0 aliphatic carbocycles. The van der Waals surface area contributed by atoms with Crippen molar-refractivity contribution >= 4 is 0 Å². The van der Waals surface area contributed by atoms with Crippen LogP contribution in [0.2, 0.25) is 0 Å². The van der Waals surface area contributed by atoms with Gasteiger partial charge < -0.3 is 0 Å². The van der Waals surface area contributed by atoms with Crippen LogP contribution in [0.4, 0.5) is 0 Å². The van der Waals surface area contributed by atoms with E-state index in [1.54, 1.807) is 0 Å². The summed E-state index contributed by atoms with van der Waals surface area (Å²) >= 11 is 0. The molecule has 0 rings (SSSR count). The van der Waals surface area contributed by atoms with Crippen LogP contribution in [-0.2, 0) is 0 Å². The zero-order valence-electron chi connectivity index (χ0n) is 12.6. The normalized spacial score (nSPS) is 17.4. The van der Waals surface area contributed by atoms with E-state index in [4.69, 9.17) is 0 Å². The van der Waals surface area contributed by atoms with Gasteiger partial charge >= 0.3 is 0 Å². The smallest absolute Gasteiger partial charge is 0.0394 e. The van der Waals surface area contributed by atoms with Gasteiger partial charge in [0.1, 0.15) is 0 Å². The van der Waals surface area contributed by atoms with E-state index < -0.39 is 0 Å². The molecule has 0 nitrogen and oxygen atoms in total. The molecule has 0 saturated heterocycles. The maximum absolute atomic E-state index is 2.44. The minimum atomic E-state index is 0.839. The third-order valence-corrected chi connectivity index (χ3v) is 4.52. The molecule has 0 aromatic rings. The van der Waals surface area contributed by atoms with E-state index >= 15 is 0 Å². The maximum atomic E-state index is 2.44. The van der Waals surface area contributed by atoms with Crippen LogP contribution in [-0.4, -0.2) is 0 Å². The van der Waals surface area contributed by atoms with Gasteiger partial charge in [-0.3, -0.25) is 0 Å². The second-order valence-electron chi connectivity index (χ2n) is 6.07. The maximum Gasteiger partial charge on any atom is -0.0394 e. The molecule has 0 N–H and O–H groups in total. The minimum absolute atomic E-state index is 0.839. The molecule has 0 amide bonds. The molecular formula is C16H34. The van der Waals surface area contributed by atoms with Gasteiger partial charge in [0.2, 0.25) is 0 Å². The van der Waals surface area contributed by atoms with Crippen LogP contribution in [0, 0.1) is 23.7 Å². The van der Waals surface area contributed by atoms with Crippen LogP contribution in [0.5, 0.6) is 0 Å². The van der Waals surface area contributed by atoms with Crippen molar-refractivity contribution in [3.05, 3.63) is 0 Å². The van der Waals surface area contributed by atoms with Gasteiger partial charge in [-0.25, -0.2) is 0 Å². The fourth-order valence-corrected chi connectivity index (χ4v) is 2.46. The summed E-state index contributed by atoms with van der Waals surface area (Å²) in [6.07, 6.45) is 8.50. The Labute approximate surface area is 104 Å². The van der Waals surface area contributed by atoms with Crippen LogP contribution in [0.15, 0.2) is 0 Å². The molecule has 0 heterocycles. The van der Waals surface area contributed by atoms with Gasteiger partial charge in [0.15, 0.2) is 0 Å². The van der Waals surface area contributed by atoms with E-state index in [9.17, 15) is 0 Å². The number of unbranched alkanes of at least 4 members (excludes halogenated alkanes) is 1. The fourth-order valence-electron chi connectivity index (χ4n) is 2.46. The summed E-state index contributed by atoms with van der Waals surface area (Å²) in [7, 11) is 0. The second kappa shape index (κ2) is 9.07. The highest BCUT2D eigenvalue weighted by Gasteiger charge is 2.17. The molecule has 98 valence electrons. The van der Waals surface area contributed by atoms with Crippen molar-refractivity contribution in [3.63, 3.8) is 0 Å². The molecule has 0 saturated carbocycles. The highest BCUT2D eigenvalue weighted by molar-refractivity contribution is 4.67. The summed E-state index contributed by atoms with van der Waals surface area (Å²) < 4.78 is 0. The van der Waals surface area contributed by atoms with Crippen molar-refractivity contribution in [2.75, 3.05) is 0 Å². The summed E-state index contributed by atoms with van der Waals surface area (Å²) in [5.74, 6) is 3.60. The Balaban J connectivity index is 3.82. The van der Waals surface area contributed by atoms with E-state index in [0.29, 0.717) is 0 Å². The van der Waals surface area contributed by atoms with Crippen molar-refractivity contribution in [3.8, 4) is 0 Å². The first-order chi connectivity index (χ1) is 7.52. The molecule has 0 aromatic heterocycles. The van der Waals surface area contributed by atoms with Crippen molar-refractivity contribution in [1.82, 2.24) is 0 Å². The van der Waals surface area contributed by atoms with Gasteiger partial charge in [-0.05, 0) is 23.7 Å². The van der Waals surface area contributed by atoms with Gasteiger partial charge in [0, 0.05) is 0 Å². The van der Waals surface area contributed by atoms with Crippen molar-refractivity contribution in [2.24, 2.45) is 23.7 Å². The molecule has 0 aromatic carbocycles. The average molecular weight is 226 g/mol. The lowest BCUT2D eigenvalue weighted by molar-refractivity contribution is 0.257.